The molecule has 0 saturated carbocycles. The molecule has 1 aromatic carbocycles. The van der Waals surface area contributed by atoms with E-state index in [9.17, 15) is 18.0 Å². The van der Waals surface area contributed by atoms with E-state index in [0.717, 1.165) is 0 Å². The van der Waals surface area contributed by atoms with Crippen molar-refractivity contribution in [2.24, 2.45) is 5.92 Å². The Hall–Kier alpha value is -2.19. The number of aromatic carboxylic acids is 1. The number of rotatable bonds is 7. The van der Waals surface area contributed by atoms with E-state index in [1.165, 1.54) is 28.6 Å². The van der Waals surface area contributed by atoms with Crippen LogP contribution in [0.2, 0.25) is 0 Å². The molecular weight excluding hydrogens is 356 g/mol. The molecule has 142 valence electrons. The highest BCUT2D eigenvalue weighted by Crippen LogP contribution is 2.24. The minimum Gasteiger partial charge on any atom is -0.478 e. The number of carbonyl (C=O) groups excluding carboxylic acids is 1. The number of hydrogen-bond donors (Lipinski definition) is 2. The number of piperidine rings is 1. The van der Waals surface area contributed by atoms with Gasteiger partial charge in [-0.25, -0.2) is 13.2 Å². The van der Waals surface area contributed by atoms with Crippen LogP contribution >= 0.6 is 0 Å². The van der Waals surface area contributed by atoms with Gasteiger partial charge in [0.2, 0.25) is 15.9 Å². The van der Waals surface area contributed by atoms with Crippen LogP contribution in [0.25, 0.3) is 0 Å². The van der Waals surface area contributed by atoms with Gasteiger partial charge < -0.3 is 10.4 Å². The number of carboxylic acids is 1. The summed E-state index contributed by atoms with van der Waals surface area (Å²) in [6, 6.07) is 5.16. The zero-order valence-electron chi connectivity index (χ0n) is 14.7. The summed E-state index contributed by atoms with van der Waals surface area (Å²) >= 11 is 0. The molecule has 1 atom stereocenters. The molecule has 7 nitrogen and oxygen atoms in total. The molecule has 8 heteroatoms. The smallest absolute Gasteiger partial charge is 0.335 e. The van der Waals surface area contributed by atoms with Crippen molar-refractivity contribution < 1.29 is 23.1 Å². The summed E-state index contributed by atoms with van der Waals surface area (Å²) in [6.45, 7) is 6.07. The lowest BCUT2D eigenvalue weighted by Crippen LogP contribution is -2.44. The first-order valence-corrected chi connectivity index (χ1v) is 9.94. The highest BCUT2D eigenvalue weighted by atomic mass is 32.2. The summed E-state index contributed by atoms with van der Waals surface area (Å²) in [4.78, 5) is 23.2. The van der Waals surface area contributed by atoms with Crippen LogP contribution in [0.5, 0.6) is 0 Å². The van der Waals surface area contributed by atoms with Crippen molar-refractivity contribution in [2.75, 3.05) is 13.1 Å². The number of carboxylic acid groups (broad SMARTS) is 1. The maximum atomic E-state index is 12.7. The minimum absolute atomic E-state index is 0.00881. The van der Waals surface area contributed by atoms with Crippen LogP contribution < -0.4 is 5.32 Å². The van der Waals surface area contributed by atoms with Crippen LogP contribution in [0.1, 0.15) is 36.5 Å². The molecule has 1 saturated heterocycles. The Balaban J connectivity index is 1.98. The van der Waals surface area contributed by atoms with Crippen molar-refractivity contribution in [2.45, 2.75) is 37.1 Å². The van der Waals surface area contributed by atoms with Gasteiger partial charge in [-0.3, -0.25) is 4.79 Å². The van der Waals surface area contributed by atoms with Gasteiger partial charge in [-0.2, -0.15) is 4.31 Å². The fourth-order valence-corrected chi connectivity index (χ4v) is 4.42. The molecule has 1 aliphatic rings. The number of hydrogen-bond acceptors (Lipinski definition) is 4. The average molecular weight is 380 g/mol. The first kappa shape index (κ1) is 20.1. The molecule has 2 rings (SSSR count). The van der Waals surface area contributed by atoms with Crippen LogP contribution in [-0.4, -0.2) is 48.8 Å². The molecule has 0 spiro atoms. The van der Waals surface area contributed by atoms with E-state index >= 15 is 0 Å². The van der Waals surface area contributed by atoms with E-state index in [4.69, 9.17) is 5.11 Å². The quantitative estimate of drug-likeness (QED) is 0.703. The standard InChI is InChI=1S/C18H24N2O5S/c1-3-4-13(2)19-17(21)14-9-11-20(12-10-14)26(24,25)16-7-5-15(6-8-16)18(22)23/h3,5-8,13-14H,1,4,9-12H2,2H3,(H,19,21)(H,22,23). The first-order chi connectivity index (χ1) is 12.3. The van der Waals surface area contributed by atoms with Gasteiger partial charge in [0, 0.05) is 25.0 Å². The van der Waals surface area contributed by atoms with E-state index < -0.39 is 16.0 Å². The summed E-state index contributed by atoms with van der Waals surface area (Å²) < 4.78 is 26.7. The fraction of sp³-hybridized carbons (Fsp3) is 0.444. The van der Waals surface area contributed by atoms with Crippen LogP contribution in [0.4, 0.5) is 0 Å². The molecule has 2 N–H and O–H groups in total. The van der Waals surface area contributed by atoms with E-state index in [2.05, 4.69) is 11.9 Å². The third-order valence-corrected chi connectivity index (χ3v) is 6.39. The third-order valence-electron chi connectivity index (χ3n) is 4.47. The number of nitrogens with one attached hydrogen (secondary N) is 1. The Morgan fingerprint density at radius 1 is 1.31 bits per heavy atom. The number of benzene rings is 1. The second-order valence-corrected chi connectivity index (χ2v) is 8.38. The van der Waals surface area contributed by atoms with Crippen molar-refractivity contribution in [1.29, 1.82) is 0 Å². The van der Waals surface area contributed by atoms with Gasteiger partial charge in [-0.1, -0.05) is 6.08 Å². The summed E-state index contributed by atoms with van der Waals surface area (Å²) in [7, 11) is -3.69. The second kappa shape index (κ2) is 8.46. The van der Waals surface area contributed by atoms with Gasteiger partial charge in [0.05, 0.1) is 10.5 Å². The molecule has 1 aromatic rings. The van der Waals surface area contributed by atoms with Gasteiger partial charge in [-0.05, 0) is 50.5 Å². The van der Waals surface area contributed by atoms with Crippen molar-refractivity contribution in [1.82, 2.24) is 9.62 Å². The maximum absolute atomic E-state index is 12.7. The monoisotopic (exact) mass is 380 g/mol. The fourth-order valence-electron chi connectivity index (χ4n) is 2.95. The van der Waals surface area contributed by atoms with Crippen LogP contribution in [0.15, 0.2) is 41.8 Å². The zero-order chi connectivity index (χ0) is 19.3. The molecule has 26 heavy (non-hydrogen) atoms. The summed E-state index contributed by atoms with van der Waals surface area (Å²) in [6.07, 6.45) is 3.35. The van der Waals surface area contributed by atoms with Crippen LogP contribution in [0.3, 0.4) is 0 Å². The average Bonchev–Trinajstić information content (AvgIpc) is 2.62. The maximum Gasteiger partial charge on any atom is 0.335 e. The van der Waals surface area contributed by atoms with E-state index in [1.54, 1.807) is 6.08 Å². The number of nitrogens with zero attached hydrogens (tertiary/aromatic N) is 1. The topological polar surface area (TPSA) is 104 Å². The van der Waals surface area contributed by atoms with Crippen molar-refractivity contribution in [3.05, 3.63) is 42.5 Å². The van der Waals surface area contributed by atoms with Crippen molar-refractivity contribution in [3.63, 3.8) is 0 Å². The summed E-state index contributed by atoms with van der Waals surface area (Å²) in [5.41, 5.74) is 0.0352. The lowest BCUT2D eigenvalue weighted by Gasteiger charge is -2.31. The molecule has 0 radical (unpaired) electrons. The molecular formula is C18H24N2O5S. The van der Waals surface area contributed by atoms with E-state index in [-0.39, 0.29) is 41.4 Å². The predicted molar refractivity (Wildman–Crippen MR) is 97.3 cm³/mol. The first-order valence-electron chi connectivity index (χ1n) is 8.50. The SMILES string of the molecule is C=CCC(C)NC(=O)C1CCN(S(=O)(=O)c2ccc(C(=O)O)cc2)CC1. The Labute approximate surface area is 153 Å². The number of sulfonamides is 1. The van der Waals surface area contributed by atoms with Gasteiger partial charge in [0.15, 0.2) is 0 Å². The highest BCUT2D eigenvalue weighted by Gasteiger charge is 2.32. The summed E-state index contributed by atoms with van der Waals surface area (Å²) in [5, 5.41) is 11.8. The van der Waals surface area contributed by atoms with Gasteiger partial charge in [-0.15, -0.1) is 6.58 Å². The molecule has 1 heterocycles. The lowest BCUT2D eigenvalue weighted by molar-refractivity contribution is -0.126. The second-order valence-electron chi connectivity index (χ2n) is 6.44. The van der Waals surface area contributed by atoms with Gasteiger partial charge in [0.25, 0.3) is 0 Å². The van der Waals surface area contributed by atoms with Crippen molar-refractivity contribution in [3.8, 4) is 0 Å². The predicted octanol–water partition coefficient (Wildman–Crippen LogP) is 1.87. The van der Waals surface area contributed by atoms with Gasteiger partial charge >= 0.3 is 5.97 Å². The third kappa shape index (κ3) is 4.70. The Morgan fingerprint density at radius 3 is 2.38 bits per heavy atom. The van der Waals surface area contributed by atoms with Gasteiger partial charge in [0.1, 0.15) is 0 Å². The summed E-state index contributed by atoms with van der Waals surface area (Å²) in [5.74, 6) is -1.36. The highest BCUT2D eigenvalue weighted by molar-refractivity contribution is 7.89. The van der Waals surface area contributed by atoms with E-state index in [0.29, 0.717) is 19.3 Å². The van der Waals surface area contributed by atoms with Crippen LogP contribution in [0, 0.1) is 5.92 Å². The minimum atomic E-state index is -3.69. The molecule has 1 unspecified atom stereocenters. The Morgan fingerprint density at radius 2 is 1.88 bits per heavy atom. The molecule has 0 aromatic heterocycles. The van der Waals surface area contributed by atoms with Crippen molar-refractivity contribution >= 4 is 21.9 Å². The normalized spacial score (nSPS) is 17.4. The zero-order valence-corrected chi connectivity index (χ0v) is 15.5. The Bertz CT molecular complexity index is 765. The van der Waals surface area contributed by atoms with Crippen LogP contribution in [-0.2, 0) is 14.8 Å². The molecule has 1 amide bonds. The number of amides is 1. The Kier molecular flexibility index (Phi) is 6.55. The van der Waals surface area contributed by atoms with E-state index in [1.807, 2.05) is 6.92 Å². The lowest BCUT2D eigenvalue weighted by atomic mass is 9.97. The molecule has 0 bridgehead atoms. The molecule has 1 fully saturated rings. The number of carbonyl (C=O) groups is 2. The molecule has 1 aliphatic heterocycles. The largest absolute Gasteiger partial charge is 0.478 e. The molecule has 0 aliphatic carbocycles.